The van der Waals surface area contributed by atoms with Crippen molar-refractivity contribution >= 4 is 14.6 Å². The molecule has 0 spiro atoms. The van der Waals surface area contributed by atoms with Gasteiger partial charge in [0.05, 0.1) is 0 Å². The van der Waals surface area contributed by atoms with Crippen LogP contribution in [0.25, 0.3) is 0 Å². The summed E-state index contributed by atoms with van der Waals surface area (Å²) in [6.45, 7) is 11.5. The van der Waals surface area contributed by atoms with Gasteiger partial charge in [0, 0.05) is 12.5 Å². The van der Waals surface area contributed by atoms with Crippen LogP contribution in [0.2, 0.25) is 18.1 Å². The van der Waals surface area contributed by atoms with Gasteiger partial charge in [0.25, 0.3) is 0 Å². The van der Waals surface area contributed by atoms with Gasteiger partial charge in [-0.1, -0.05) is 33.6 Å². The van der Waals surface area contributed by atoms with Gasteiger partial charge in [-0.25, -0.2) is 0 Å². The molecule has 0 saturated heterocycles. The van der Waals surface area contributed by atoms with Gasteiger partial charge in [-0.2, -0.15) is 0 Å². The van der Waals surface area contributed by atoms with Crippen LogP contribution in [0, 0.1) is 5.92 Å². The maximum atomic E-state index is 10.6. The Balaban J connectivity index is 2.64. The molecular formula is C15H30O2Si. The summed E-state index contributed by atoms with van der Waals surface area (Å²) in [5.74, 6) is 0.609. The summed E-state index contributed by atoms with van der Waals surface area (Å²) >= 11 is 0. The number of aldehydes is 1. The topological polar surface area (TPSA) is 26.3 Å². The molecule has 0 bridgehead atoms. The summed E-state index contributed by atoms with van der Waals surface area (Å²) in [5.41, 5.74) is 0. The minimum atomic E-state index is -1.66. The van der Waals surface area contributed by atoms with Gasteiger partial charge >= 0.3 is 0 Å². The van der Waals surface area contributed by atoms with Gasteiger partial charge in [0.1, 0.15) is 6.29 Å². The van der Waals surface area contributed by atoms with Crippen LogP contribution in [-0.4, -0.2) is 20.7 Å². The van der Waals surface area contributed by atoms with Gasteiger partial charge in [-0.05, 0) is 43.3 Å². The summed E-state index contributed by atoms with van der Waals surface area (Å²) in [6, 6.07) is 0. The highest BCUT2D eigenvalue weighted by Gasteiger charge is 2.41. The van der Waals surface area contributed by atoms with Gasteiger partial charge in [0.2, 0.25) is 0 Å². The van der Waals surface area contributed by atoms with E-state index in [1.165, 1.54) is 25.7 Å². The Bertz CT molecular complexity index is 268. The van der Waals surface area contributed by atoms with Crippen LogP contribution in [0.1, 0.15) is 59.3 Å². The monoisotopic (exact) mass is 270 g/mol. The third kappa shape index (κ3) is 4.20. The van der Waals surface area contributed by atoms with E-state index in [9.17, 15) is 4.79 Å². The first-order valence-electron chi connectivity index (χ1n) is 7.39. The molecule has 2 atom stereocenters. The van der Waals surface area contributed by atoms with E-state index in [2.05, 4.69) is 33.9 Å². The average Bonchev–Trinajstić information content (AvgIpc) is 2.26. The van der Waals surface area contributed by atoms with Crippen LogP contribution in [0.3, 0.4) is 0 Å². The Morgan fingerprint density at radius 2 is 1.83 bits per heavy atom. The summed E-state index contributed by atoms with van der Waals surface area (Å²) in [6.07, 6.45) is 8.20. The Morgan fingerprint density at radius 3 is 2.39 bits per heavy atom. The second-order valence-electron chi connectivity index (χ2n) is 7.21. The van der Waals surface area contributed by atoms with E-state index < -0.39 is 8.32 Å². The largest absolute Gasteiger partial charge is 0.414 e. The summed E-state index contributed by atoms with van der Waals surface area (Å²) in [7, 11) is -1.66. The fraction of sp³-hybridized carbons (Fsp3) is 0.933. The Labute approximate surface area is 114 Å². The number of carbonyl (C=O) groups is 1. The van der Waals surface area contributed by atoms with Crippen molar-refractivity contribution in [2.24, 2.45) is 5.92 Å². The molecule has 3 heteroatoms. The van der Waals surface area contributed by atoms with Crippen LogP contribution in [0.5, 0.6) is 0 Å². The van der Waals surface area contributed by atoms with Gasteiger partial charge in [-0.3, -0.25) is 0 Å². The molecule has 1 aliphatic carbocycles. The number of hydrogen-bond acceptors (Lipinski definition) is 2. The maximum Gasteiger partial charge on any atom is 0.192 e. The third-order valence-corrected chi connectivity index (χ3v) is 9.25. The lowest BCUT2D eigenvalue weighted by molar-refractivity contribution is -0.108. The minimum Gasteiger partial charge on any atom is -0.414 e. The second kappa shape index (κ2) is 6.33. The molecule has 0 heterocycles. The van der Waals surface area contributed by atoms with Crippen LogP contribution < -0.4 is 0 Å². The quantitative estimate of drug-likeness (QED) is 0.541. The molecule has 0 unspecified atom stereocenters. The zero-order valence-corrected chi connectivity index (χ0v) is 13.8. The molecule has 0 amide bonds. The van der Waals surface area contributed by atoms with E-state index in [1.54, 1.807) is 0 Å². The van der Waals surface area contributed by atoms with Crippen molar-refractivity contribution in [3.8, 4) is 0 Å². The Hall–Kier alpha value is -0.153. The highest BCUT2D eigenvalue weighted by atomic mass is 28.4. The van der Waals surface area contributed by atoms with Crippen LogP contribution in [0.4, 0.5) is 0 Å². The molecule has 2 nitrogen and oxygen atoms in total. The number of hydrogen-bond donors (Lipinski definition) is 0. The van der Waals surface area contributed by atoms with Crippen molar-refractivity contribution in [1.29, 1.82) is 0 Å². The lowest BCUT2D eigenvalue weighted by atomic mass is 9.84. The van der Waals surface area contributed by atoms with E-state index in [0.29, 0.717) is 18.4 Å². The molecule has 1 saturated carbocycles. The molecule has 1 fully saturated rings. The molecule has 0 aromatic carbocycles. The molecule has 0 N–H and O–H groups in total. The van der Waals surface area contributed by atoms with Crippen LogP contribution in [-0.2, 0) is 9.22 Å². The number of carbonyl (C=O) groups excluding carboxylic acids is 1. The summed E-state index contributed by atoms with van der Waals surface area (Å²) in [5, 5.41) is 0.277. The van der Waals surface area contributed by atoms with Crippen molar-refractivity contribution in [2.45, 2.75) is 83.5 Å². The fourth-order valence-electron chi connectivity index (χ4n) is 2.50. The van der Waals surface area contributed by atoms with Crippen LogP contribution in [0.15, 0.2) is 0 Å². The van der Waals surface area contributed by atoms with E-state index in [4.69, 9.17) is 4.43 Å². The molecule has 0 radical (unpaired) electrons. The van der Waals surface area contributed by atoms with Crippen molar-refractivity contribution < 1.29 is 9.22 Å². The predicted molar refractivity (Wildman–Crippen MR) is 79.3 cm³/mol. The highest BCUT2D eigenvalue weighted by molar-refractivity contribution is 6.74. The first kappa shape index (κ1) is 15.9. The van der Waals surface area contributed by atoms with E-state index >= 15 is 0 Å². The van der Waals surface area contributed by atoms with Crippen LogP contribution >= 0.6 is 0 Å². The minimum absolute atomic E-state index is 0.277. The lowest BCUT2D eigenvalue weighted by Crippen LogP contribution is -2.46. The van der Waals surface area contributed by atoms with Gasteiger partial charge in [-0.15, -0.1) is 0 Å². The second-order valence-corrected chi connectivity index (χ2v) is 12.0. The Kier molecular flexibility index (Phi) is 5.59. The SMILES string of the molecule is CC(C)(C)[Si](C)(C)O[C@@H]1CCCC[C@H]1CCC=O. The average molecular weight is 270 g/mol. The van der Waals surface area contributed by atoms with E-state index in [-0.39, 0.29) is 5.04 Å². The molecule has 1 aliphatic rings. The molecule has 0 aromatic rings. The Morgan fingerprint density at radius 1 is 1.22 bits per heavy atom. The first-order valence-corrected chi connectivity index (χ1v) is 10.3. The van der Waals surface area contributed by atoms with E-state index in [0.717, 1.165) is 12.7 Å². The van der Waals surface area contributed by atoms with Gasteiger partial charge in [0.15, 0.2) is 8.32 Å². The molecule has 0 aromatic heterocycles. The fourth-order valence-corrected chi connectivity index (χ4v) is 3.92. The summed E-state index contributed by atoms with van der Waals surface area (Å²) < 4.78 is 6.58. The third-order valence-electron chi connectivity index (χ3n) is 4.75. The zero-order chi connectivity index (χ0) is 13.8. The predicted octanol–water partition coefficient (Wildman–Crippen LogP) is 4.55. The van der Waals surface area contributed by atoms with Gasteiger partial charge < -0.3 is 9.22 Å². The van der Waals surface area contributed by atoms with Crippen molar-refractivity contribution in [2.75, 3.05) is 0 Å². The van der Waals surface area contributed by atoms with Crippen molar-refractivity contribution in [1.82, 2.24) is 0 Å². The molecular weight excluding hydrogens is 240 g/mol. The lowest BCUT2D eigenvalue weighted by Gasteiger charge is -2.43. The molecule has 18 heavy (non-hydrogen) atoms. The molecule has 1 rings (SSSR count). The molecule has 106 valence electrons. The van der Waals surface area contributed by atoms with Crippen molar-refractivity contribution in [3.63, 3.8) is 0 Å². The first-order chi connectivity index (χ1) is 8.28. The highest BCUT2D eigenvalue weighted by Crippen LogP contribution is 2.40. The molecule has 0 aliphatic heterocycles. The van der Waals surface area contributed by atoms with E-state index in [1.807, 2.05) is 0 Å². The zero-order valence-electron chi connectivity index (χ0n) is 12.8. The maximum absolute atomic E-state index is 10.6. The number of rotatable bonds is 5. The summed E-state index contributed by atoms with van der Waals surface area (Å²) in [4.78, 5) is 10.6. The standard InChI is InChI=1S/C15H30O2Si/c1-15(2,3)18(4,5)17-14-11-7-6-9-13(14)10-8-12-16/h12-14H,6-11H2,1-5H3/t13-,14+/m0/s1. The van der Waals surface area contributed by atoms with Crippen molar-refractivity contribution in [3.05, 3.63) is 0 Å². The smallest absolute Gasteiger partial charge is 0.192 e. The normalized spacial score (nSPS) is 26.1.